The number of nitrogens with one attached hydrogen (secondary N) is 1. The molecular formula is C11H10FN3O4S2. The summed E-state index contributed by atoms with van der Waals surface area (Å²) in [5, 5.41) is -0.952. The van der Waals surface area contributed by atoms with E-state index in [-0.39, 0.29) is 10.7 Å². The van der Waals surface area contributed by atoms with Crippen LogP contribution in [0, 0.1) is 5.82 Å². The molecule has 10 heteroatoms. The molecule has 21 heavy (non-hydrogen) atoms. The molecule has 1 N–H and O–H groups in total. The van der Waals surface area contributed by atoms with E-state index in [0.717, 1.165) is 30.8 Å². The number of sulfone groups is 1. The highest BCUT2D eigenvalue weighted by atomic mass is 32.2. The van der Waals surface area contributed by atoms with Gasteiger partial charge in [-0.1, -0.05) is 0 Å². The summed E-state index contributed by atoms with van der Waals surface area (Å²) in [5.41, 5.74) is -0.00699. The predicted octanol–water partition coefficient (Wildman–Crippen LogP) is 0.820. The molecule has 7 nitrogen and oxygen atoms in total. The molecule has 0 spiro atoms. The molecule has 0 atom stereocenters. The quantitative estimate of drug-likeness (QED) is 0.889. The molecule has 2 rings (SSSR count). The van der Waals surface area contributed by atoms with Crippen molar-refractivity contribution in [2.75, 3.05) is 11.0 Å². The molecule has 0 aliphatic heterocycles. The lowest BCUT2D eigenvalue weighted by Crippen LogP contribution is -2.16. The van der Waals surface area contributed by atoms with Crippen LogP contribution in [0.3, 0.4) is 0 Å². The molecule has 0 fully saturated rings. The summed E-state index contributed by atoms with van der Waals surface area (Å²) in [7, 11) is -7.70. The van der Waals surface area contributed by atoms with Crippen LogP contribution >= 0.6 is 0 Å². The number of aromatic nitrogens is 2. The zero-order chi connectivity index (χ0) is 15.7. The highest BCUT2D eigenvalue weighted by Crippen LogP contribution is 2.17. The molecule has 0 unspecified atom stereocenters. The zero-order valence-electron chi connectivity index (χ0n) is 10.7. The number of nitrogens with zero attached hydrogens (tertiary/aromatic N) is 2. The molecule has 0 radical (unpaired) electrons. The molecule has 0 saturated carbocycles. The summed E-state index contributed by atoms with van der Waals surface area (Å²) in [6, 6.07) is 4.58. The fraction of sp³-hybridized carbons (Fsp3) is 0.0909. The van der Waals surface area contributed by atoms with Gasteiger partial charge in [0.2, 0.25) is 5.03 Å². The standard InChI is InChI=1S/C11H10FN3O4S2/c1-20(16,17)10-5-4-8(7-14-10)15-21(18,19)11-9(12)3-2-6-13-11/h2-7,15H,1H3. The molecule has 112 valence electrons. The van der Waals surface area contributed by atoms with Crippen LogP contribution in [0.5, 0.6) is 0 Å². The fourth-order valence-electron chi connectivity index (χ4n) is 1.43. The Balaban J connectivity index is 2.32. The van der Waals surface area contributed by atoms with E-state index in [1.54, 1.807) is 0 Å². The molecule has 2 heterocycles. The maximum absolute atomic E-state index is 13.4. The van der Waals surface area contributed by atoms with Gasteiger partial charge >= 0.3 is 0 Å². The first-order valence-electron chi connectivity index (χ1n) is 5.49. The Morgan fingerprint density at radius 2 is 1.81 bits per heavy atom. The van der Waals surface area contributed by atoms with Crippen molar-refractivity contribution >= 4 is 25.5 Å². The van der Waals surface area contributed by atoms with Crippen LogP contribution in [0.25, 0.3) is 0 Å². The number of anilines is 1. The van der Waals surface area contributed by atoms with E-state index in [1.807, 2.05) is 0 Å². The van der Waals surface area contributed by atoms with Crippen LogP contribution in [0.1, 0.15) is 0 Å². The average Bonchev–Trinajstić information content (AvgIpc) is 2.38. The summed E-state index contributed by atoms with van der Waals surface area (Å²) < 4.78 is 61.9. The van der Waals surface area contributed by atoms with Gasteiger partial charge in [-0.05, 0) is 24.3 Å². The normalized spacial score (nSPS) is 12.1. The molecule has 0 bridgehead atoms. The van der Waals surface area contributed by atoms with E-state index in [0.29, 0.717) is 0 Å². The van der Waals surface area contributed by atoms with Crippen LogP contribution in [0.4, 0.5) is 10.1 Å². The Hall–Kier alpha value is -2.07. The van der Waals surface area contributed by atoms with Gasteiger partial charge in [0.05, 0.1) is 11.9 Å². The lowest BCUT2D eigenvalue weighted by Gasteiger charge is -2.07. The molecule has 0 amide bonds. The van der Waals surface area contributed by atoms with Crippen LogP contribution in [0.15, 0.2) is 46.7 Å². The van der Waals surface area contributed by atoms with E-state index < -0.39 is 30.7 Å². The second-order valence-electron chi connectivity index (χ2n) is 4.05. The fourth-order valence-corrected chi connectivity index (χ4v) is 3.04. The Morgan fingerprint density at radius 3 is 2.33 bits per heavy atom. The Morgan fingerprint density at radius 1 is 1.10 bits per heavy atom. The van der Waals surface area contributed by atoms with Crippen LogP contribution in [-0.2, 0) is 19.9 Å². The number of hydrogen-bond donors (Lipinski definition) is 1. The third-order valence-corrected chi connectivity index (χ3v) is 4.66. The topological polar surface area (TPSA) is 106 Å². The van der Waals surface area contributed by atoms with Crippen LogP contribution in [-0.4, -0.2) is 33.1 Å². The van der Waals surface area contributed by atoms with E-state index in [9.17, 15) is 21.2 Å². The number of pyridine rings is 2. The molecule has 2 aromatic heterocycles. The summed E-state index contributed by atoms with van der Waals surface area (Å²) in [4.78, 5) is 7.08. The second-order valence-corrected chi connectivity index (χ2v) is 7.61. The van der Waals surface area contributed by atoms with Crippen molar-refractivity contribution in [3.05, 3.63) is 42.5 Å². The van der Waals surface area contributed by atoms with Crippen molar-refractivity contribution in [2.45, 2.75) is 10.1 Å². The Labute approximate surface area is 120 Å². The monoisotopic (exact) mass is 331 g/mol. The second kappa shape index (κ2) is 5.37. The van der Waals surface area contributed by atoms with Crippen molar-refractivity contribution in [1.29, 1.82) is 0 Å². The molecular weight excluding hydrogens is 321 g/mol. The SMILES string of the molecule is CS(=O)(=O)c1ccc(NS(=O)(=O)c2ncccc2F)cn1. The van der Waals surface area contributed by atoms with E-state index in [2.05, 4.69) is 14.7 Å². The minimum Gasteiger partial charge on any atom is -0.277 e. The molecule has 0 aliphatic rings. The number of halogens is 1. The maximum atomic E-state index is 13.4. The molecule has 0 aromatic carbocycles. The third kappa shape index (κ3) is 3.52. The summed E-state index contributed by atoms with van der Waals surface area (Å²) in [5.74, 6) is -0.995. The first kappa shape index (κ1) is 15.3. The first-order chi connectivity index (χ1) is 9.70. The molecule has 2 aromatic rings. The van der Waals surface area contributed by atoms with Gasteiger partial charge in [-0.2, -0.15) is 8.42 Å². The van der Waals surface area contributed by atoms with Gasteiger partial charge in [0.15, 0.2) is 20.7 Å². The van der Waals surface area contributed by atoms with Crippen molar-refractivity contribution in [3.63, 3.8) is 0 Å². The van der Waals surface area contributed by atoms with E-state index >= 15 is 0 Å². The van der Waals surface area contributed by atoms with E-state index in [4.69, 9.17) is 0 Å². The van der Waals surface area contributed by atoms with E-state index in [1.165, 1.54) is 12.1 Å². The maximum Gasteiger partial charge on any atom is 0.282 e. The number of hydrogen-bond acceptors (Lipinski definition) is 6. The minimum absolute atomic E-state index is 0.00699. The zero-order valence-corrected chi connectivity index (χ0v) is 12.3. The average molecular weight is 331 g/mol. The van der Waals surface area contributed by atoms with Crippen molar-refractivity contribution < 1.29 is 21.2 Å². The van der Waals surface area contributed by atoms with Crippen LogP contribution < -0.4 is 4.72 Å². The minimum atomic E-state index is -4.22. The highest BCUT2D eigenvalue weighted by molar-refractivity contribution is 7.92. The number of sulfonamides is 1. The predicted molar refractivity (Wildman–Crippen MR) is 72.4 cm³/mol. The lowest BCUT2D eigenvalue weighted by molar-refractivity contribution is 0.557. The van der Waals surface area contributed by atoms with Crippen molar-refractivity contribution in [3.8, 4) is 0 Å². The summed E-state index contributed by atoms with van der Waals surface area (Å²) >= 11 is 0. The highest BCUT2D eigenvalue weighted by Gasteiger charge is 2.21. The number of rotatable bonds is 4. The summed E-state index contributed by atoms with van der Waals surface area (Å²) in [6.45, 7) is 0. The van der Waals surface area contributed by atoms with Gasteiger partial charge in [-0.25, -0.2) is 22.8 Å². The smallest absolute Gasteiger partial charge is 0.277 e. The van der Waals surface area contributed by atoms with Crippen molar-refractivity contribution in [1.82, 2.24) is 9.97 Å². The van der Waals surface area contributed by atoms with Crippen LogP contribution in [0.2, 0.25) is 0 Å². The van der Waals surface area contributed by atoms with Gasteiger partial charge in [-0.15, -0.1) is 0 Å². The van der Waals surface area contributed by atoms with Crippen molar-refractivity contribution in [2.24, 2.45) is 0 Å². The summed E-state index contributed by atoms with van der Waals surface area (Å²) in [6.07, 6.45) is 3.14. The van der Waals surface area contributed by atoms with Gasteiger partial charge in [-0.3, -0.25) is 4.72 Å². The molecule has 0 aliphatic carbocycles. The van der Waals surface area contributed by atoms with Gasteiger partial charge in [0.25, 0.3) is 10.0 Å². The van der Waals surface area contributed by atoms with Gasteiger partial charge in [0, 0.05) is 12.5 Å². The molecule has 0 saturated heterocycles. The largest absolute Gasteiger partial charge is 0.282 e. The first-order valence-corrected chi connectivity index (χ1v) is 8.87. The Bertz CT molecular complexity index is 865. The van der Waals surface area contributed by atoms with Gasteiger partial charge < -0.3 is 0 Å². The van der Waals surface area contributed by atoms with Gasteiger partial charge in [0.1, 0.15) is 0 Å². The third-order valence-electron chi connectivity index (χ3n) is 2.35. The lowest BCUT2D eigenvalue weighted by atomic mass is 10.4. The Kier molecular flexibility index (Phi) is 3.92.